The minimum absolute atomic E-state index is 0.496. The summed E-state index contributed by atoms with van der Waals surface area (Å²) in [5.74, 6) is 0. The van der Waals surface area contributed by atoms with Crippen LogP contribution in [-0.2, 0) is 4.43 Å². The van der Waals surface area contributed by atoms with Crippen LogP contribution in [-0.4, -0.2) is 9.76 Å². The van der Waals surface area contributed by atoms with Gasteiger partial charge >= 0.3 is 9.76 Å². The van der Waals surface area contributed by atoms with Crippen LogP contribution >= 0.6 is 0 Å². The van der Waals surface area contributed by atoms with E-state index in [0.29, 0.717) is 9.76 Å². The second kappa shape index (κ2) is 5.50. The predicted octanol–water partition coefficient (Wildman–Crippen LogP) is 1.37. The van der Waals surface area contributed by atoms with Crippen LogP contribution in [0.1, 0.15) is 0 Å². The zero-order chi connectivity index (χ0) is 5.54. The summed E-state index contributed by atoms with van der Waals surface area (Å²) in [7, 11) is 0.496. The molecule has 0 aliphatic rings. The average Bonchev–Trinajstić information content (AvgIpc) is 1.69. The summed E-state index contributed by atoms with van der Waals surface area (Å²) in [6, 6.07) is 0.923. The molecule has 0 N–H and O–H groups in total. The van der Waals surface area contributed by atoms with Gasteiger partial charge in [-0.25, -0.2) is 0 Å². The maximum absolute atomic E-state index is 4.79. The highest BCUT2D eigenvalue weighted by atomic mass is 28.2. The Hall–Kier alpha value is -0.503. The third-order valence-corrected chi connectivity index (χ3v) is 1.18. The molecule has 0 aromatic rings. The summed E-state index contributed by atoms with van der Waals surface area (Å²) in [4.78, 5) is 0. The monoisotopic (exact) mass is 112 g/mol. The molecule has 0 saturated carbocycles. The number of hydrogen-bond donors (Lipinski definition) is 0. The lowest BCUT2D eigenvalue weighted by atomic mass is 10.8. The summed E-state index contributed by atoms with van der Waals surface area (Å²) in [5, 5.41) is 0. The molecule has 1 nitrogen and oxygen atoms in total. The zero-order valence-electron chi connectivity index (χ0n) is 4.18. The van der Waals surface area contributed by atoms with Crippen LogP contribution in [0.4, 0.5) is 0 Å². The van der Waals surface area contributed by atoms with Crippen LogP contribution in [0.3, 0.4) is 0 Å². The fourth-order valence-corrected chi connectivity index (χ4v) is 0.498. The van der Waals surface area contributed by atoms with E-state index in [1.54, 1.807) is 0 Å². The second-order valence-electron chi connectivity index (χ2n) is 0.922. The quantitative estimate of drug-likeness (QED) is 0.231. The molecule has 7 heavy (non-hydrogen) atoms. The first-order chi connectivity index (χ1) is 3.41. The lowest BCUT2D eigenvalue weighted by Gasteiger charge is -1.88. The molecule has 0 spiro atoms. The maximum atomic E-state index is 4.79. The molecule has 0 fully saturated rings. The number of allylic oxidation sites excluding steroid dienone is 1. The van der Waals surface area contributed by atoms with Gasteiger partial charge in [-0.2, -0.15) is 0 Å². The minimum Gasteiger partial charge on any atom is -0.547 e. The van der Waals surface area contributed by atoms with Gasteiger partial charge in [-0.05, 0) is 6.04 Å². The number of rotatable bonds is 4. The van der Waals surface area contributed by atoms with E-state index in [2.05, 4.69) is 13.2 Å². The molecule has 0 saturated heterocycles. The van der Waals surface area contributed by atoms with Crippen LogP contribution in [0, 0.1) is 0 Å². The SMILES string of the molecule is C=CC[Si]OC=C. The lowest BCUT2D eigenvalue weighted by Crippen LogP contribution is -1.86. The van der Waals surface area contributed by atoms with Crippen molar-refractivity contribution < 1.29 is 4.43 Å². The summed E-state index contributed by atoms with van der Waals surface area (Å²) in [5.41, 5.74) is 0. The van der Waals surface area contributed by atoms with Gasteiger partial charge in [0.1, 0.15) is 0 Å². The van der Waals surface area contributed by atoms with Gasteiger partial charge in [-0.1, -0.05) is 12.7 Å². The van der Waals surface area contributed by atoms with Crippen LogP contribution in [0.25, 0.3) is 0 Å². The first-order valence-electron chi connectivity index (χ1n) is 2.02. The van der Waals surface area contributed by atoms with Crippen molar-refractivity contribution >= 4 is 9.76 Å². The van der Waals surface area contributed by atoms with Crippen molar-refractivity contribution in [2.24, 2.45) is 0 Å². The topological polar surface area (TPSA) is 9.23 Å². The Labute approximate surface area is 46.6 Å². The predicted molar refractivity (Wildman–Crippen MR) is 32.0 cm³/mol. The first kappa shape index (κ1) is 6.50. The van der Waals surface area contributed by atoms with Gasteiger partial charge < -0.3 is 4.43 Å². The van der Waals surface area contributed by atoms with Crippen LogP contribution in [0.5, 0.6) is 0 Å². The standard InChI is InChI=1S/C5H8OSi/c1-3-5-7-6-4-2/h3-4H,1-2,5H2. The number of hydrogen-bond acceptors (Lipinski definition) is 1. The summed E-state index contributed by atoms with van der Waals surface area (Å²) in [6.07, 6.45) is 3.27. The highest BCUT2D eigenvalue weighted by Crippen LogP contribution is 1.78. The molecular weight excluding hydrogens is 104 g/mol. The Morgan fingerprint density at radius 2 is 2.29 bits per heavy atom. The normalized spacial score (nSPS) is 7.43. The molecular formula is C5H8OSi. The van der Waals surface area contributed by atoms with Gasteiger partial charge in [0.05, 0.1) is 6.26 Å². The van der Waals surface area contributed by atoms with E-state index in [4.69, 9.17) is 4.43 Å². The highest BCUT2D eigenvalue weighted by Gasteiger charge is 1.78. The Balaban J connectivity index is 2.68. The molecule has 2 heteroatoms. The third kappa shape index (κ3) is 5.50. The molecule has 38 valence electrons. The second-order valence-corrected chi connectivity index (χ2v) is 1.85. The van der Waals surface area contributed by atoms with Gasteiger partial charge in [-0.15, -0.1) is 6.58 Å². The molecule has 0 amide bonds. The maximum Gasteiger partial charge on any atom is 0.314 e. The lowest BCUT2D eigenvalue weighted by molar-refractivity contribution is 0.518. The Morgan fingerprint density at radius 3 is 2.71 bits per heavy atom. The van der Waals surface area contributed by atoms with Crippen molar-refractivity contribution in [3.63, 3.8) is 0 Å². The third-order valence-electron chi connectivity index (χ3n) is 0.394. The van der Waals surface area contributed by atoms with Crippen LogP contribution < -0.4 is 0 Å². The van der Waals surface area contributed by atoms with Gasteiger partial charge in [0, 0.05) is 0 Å². The minimum atomic E-state index is 0.496. The zero-order valence-corrected chi connectivity index (χ0v) is 5.18. The smallest absolute Gasteiger partial charge is 0.314 e. The molecule has 2 radical (unpaired) electrons. The molecule has 0 atom stereocenters. The molecule has 0 aliphatic heterocycles. The van der Waals surface area contributed by atoms with E-state index >= 15 is 0 Å². The molecule has 0 heterocycles. The van der Waals surface area contributed by atoms with E-state index in [9.17, 15) is 0 Å². The molecule has 0 aromatic carbocycles. The van der Waals surface area contributed by atoms with Crippen molar-refractivity contribution in [1.82, 2.24) is 0 Å². The van der Waals surface area contributed by atoms with Gasteiger partial charge in [0.15, 0.2) is 0 Å². The molecule has 0 aliphatic carbocycles. The van der Waals surface area contributed by atoms with Crippen molar-refractivity contribution in [3.8, 4) is 0 Å². The summed E-state index contributed by atoms with van der Waals surface area (Å²) >= 11 is 0. The Kier molecular flexibility index (Phi) is 5.10. The fourth-order valence-electron chi connectivity index (χ4n) is 0.166. The van der Waals surface area contributed by atoms with E-state index in [1.807, 2.05) is 6.08 Å². The largest absolute Gasteiger partial charge is 0.547 e. The van der Waals surface area contributed by atoms with E-state index in [1.165, 1.54) is 6.26 Å². The van der Waals surface area contributed by atoms with Gasteiger partial charge in [-0.3, -0.25) is 0 Å². The molecule has 0 rings (SSSR count). The van der Waals surface area contributed by atoms with Gasteiger partial charge in [0.2, 0.25) is 0 Å². The van der Waals surface area contributed by atoms with Crippen LogP contribution in [0.15, 0.2) is 25.5 Å². The van der Waals surface area contributed by atoms with E-state index < -0.39 is 0 Å². The average molecular weight is 112 g/mol. The summed E-state index contributed by atoms with van der Waals surface area (Å²) in [6.45, 7) is 6.91. The van der Waals surface area contributed by atoms with E-state index in [-0.39, 0.29) is 0 Å². The van der Waals surface area contributed by atoms with Crippen molar-refractivity contribution in [2.75, 3.05) is 0 Å². The van der Waals surface area contributed by atoms with Crippen molar-refractivity contribution in [1.29, 1.82) is 0 Å². The van der Waals surface area contributed by atoms with Gasteiger partial charge in [0.25, 0.3) is 0 Å². The first-order valence-corrected chi connectivity index (χ1v) is 3.13. The fraction of sp³-hybridized carbons (Fsp3) is 0.200. The molecule has 0 unspecified atom stereocenters. The molecule has 0 bridgehead atoms. The highest BCUT2D eigenvalue weighted by molar-refractivity contribution is 6.28. The Bertz CT molecular complexity index is 53.1. The molecule has 0 aromatic heterocycles. The van der Waals surface area contributed by atoms with Crippen molar-refractivity contribution in [2.45, 2.75) is 6.04 Å². The van der Waals surface area contributed by atoms with Crippen molar-refractivity contribution in [3.05, 3.63) is 25.5 Å². The van der Waals surface area contributed by atoms with Crippen LogP contribution in [0.2, 0.25) is 6.04 Å². The Morgan fingerprint density at radius 1 is 1.57 bits per heavy atom. The summed E-state index contributed by atoms with van der Waals surface area (Å²) < 4.78 is 4.79. The van der Waals surface area contributed by atoms with E-state index in [0.717, 1.165) is 6.04 Å².